The molecule has 2 heterocycles. The Hall–Kier alpha value is -1.57. The van der Waals surface area contributed by atoms with Crippen LogP contribution in [0.4, 0.5) is 0 Å². The van der Waals surface area contributed by atoms with Crippen LogP contribution in [0.2, 0.25) is 5.02 Å². The van der Waals surface area contributed by atoms with Crippen molar-refractivity contribution in [3.05, 3.63) is 50.9 Å². The summed E-state index contributed by atoms with van der Waals surface area (Å²) >= 11 is 9.10. The summed E-state index contributed by atoms with van der Waals surface area (Å²) in [6.07, 6.45) is 0.733. The fourth-order valence-corrected chi connectivity index (χ4v) is 4.21. The molecule has 0 unspecified atom stereocenters. The van der Waals surface area contributed by atoms with Crippen molar-refractivity contribution in [3.63, 3.8) is 0 Å². The second-order valence-electron chi connectivity index (χ2n) is 4.76. The molecule has 120 valence electrons. The van der Waals surface area contributed by atoms with Gasteiger partial charge in [-0.1, -0.05) is 47.7 Å². The molecule has 8 heteroatoms. The van der Waals surface area contributed by atoms with Crippen LogP contribution in [0.15, 0.2) is 33.4 Å². The number of benzene rings is 1. The monoisotopic (exact) mass is 367 g/mol. The van der Waals surface area contributed by atoms with Crippen LogP contribution in [-0.4, -0.2) is 21.7 Å². The first kappa shape index (κ1) is 16.3. The average molecular weight is 368 g/mol. The third kappa shape index (κ3) is 3.52. The molecule has 0 N–H and O–H groups in total. The highest BCUT2D eigenvalue weighted by Gasteiger charge is 2.10. The number of halogens is 1. The minimum atomic E-state index is -0.137. The standard InChI is InChI=1S/C15H14ClN3O2S2/c1-3-10-7-13(20)19-14(17-10)23-15(18-19)22-8-9-4-5-12(21-2)11(16)6-9/h4-7H,3,8H2,1-2H3. The predicted octanol–water partition coefficient (Wildman–Crippen LogP) is 3.67. The number of fused-ring (bicyclic) bond motifs is 1. The minimum absolute atomic E-state index is 0.137. The van der Waals surface area contributed by atoms with Crippen LogP contribution in [0.5, 0.6) is 5.75 Å². The fourth-order valence-electron chi connectivity index (χ4n) is 2.02. The topological polar surface area (TPSA) is 56.5 Å². The molecule has 0 radical (unpaired) electrons. The first-order chi connectivity index (χ1) is 11.1. The van der Waals surface area contributed by atoms with E-state index in [1.165, 1.54) is 21.9 Å². The van der Waals surface area contributed by atoms with Gasteiger partial charge in [0.25, 0.3) is 5.56 Å². The second-order valence-corrected chi connectivity index (χ2v) is 7.34. The van der Waals surface area contributed by atoms with Crippen molar-refractivity contribution in [2.24, 2.45) is 0 Å². The first-order valence-corrected chi connectivity index (χ1v) is 9.13. The number of aryl methyl sites for hydroxylation is 1. The van der Waals surface area contributed by atoms with E-state index in [9.17, 15) is 4.79 Å². The van der Waals surface area contributed by atoms with Crippen LogP contribution in [0.1, 0.15) is 18.2 Å². The van der Waals surface area contributed by atoms with Crippen molar-refractivity contribution in [3.8, 4) is 5.75 Å². The molecule has 0 amide bonds. The van der Waals surface area contributed by atoms with Crippen molar-refractivity contribution in [1.82, 2.24) is 14.6 Å². The van der Waals surface area contributed by atoms with E-state index in [1.807, 2.05) is 25.1 Å². The van der Waals surface area contributed by atoms with Gasteiger partial charge in [0, 0.05) is 17.5 Å². The predicted molar refractivity (Wildman–Crippen MR) is 94.1 cm³/mol. The van der Waals surface area contributed by atoms with Crippen molar-refractivity contribution in [2.45, 2.75) is 23.4 Å². The quantitative estimate of drug-likeness (QED) is 0.644. The molecule has 3 rings (SSSR count). The summed E-state index contributed by atoms with van der Waals surface area (Å²) in [5, 5.41) is 4.91. The molecule has 1 aromatic carbocycles. The first-order valence-electron chi connectivity index (χ1n) is 6.95. The van der Waals surface area contributed by atoms with Gasteiger partial charge in [-0.25, -0.2) is 4.98 Å². The summed E-state index contributed by atoms with van der Waals surface area (Å²) in [5.41, 5.74) is 1.72. The normalized spacial score (nSPS) is 11.1. The molecule has 2 aromatic heterocycles. The lowest BCUT2D eigenvalue weighted by molar-refractivity contribution is 0.415. The van der Waals surface area contributed by atoms with Crippen molar-refractivity contribution < 1.29 is 4.74 Å². The number of methoxy groups -OCH3 is 1. The Bertz CT molecular complexity index is 907. The van der Waals surface area contributed by atoms with Gasteiger partial charge >= 0.3 is 0 Å². The molecule has 0 bridgehead atoms. The Kier molecular flexibility index (Phi) is 4.89. The number of hydrogen-bond donors (Lipinski definition) is 0. The summed E-state index contributed by atoms with van der Waals surface area (Å²) in [5.74, 6) is 1.36. The molecule has 0 aliphatic heterocycles. The minimum Gasteiger partial charge on any atom is -0.495 e. The summed E-state index contributed by atoms with van der Waals surface area (Å²) in [4.78, 5) is 17.1. The van der Waals surface area contributed by atoms with E-state index < -0.39 is 0 Å². The average Bonchev–Trinajstić information content (AvgIpc) is 2.96. The number of ether oxygens (including phenoxy) is 1. The molecule has 0 spiro atoms. The lowest BCUT2D eigenvalue weighted by Crippen LogP contribution is -2.14. The SMILES string of the molecule is CCc1cc(=O)n2nc(SCc3ccc(OC)c(Cl)c3)sc2n1. The molecule has 0 aliphatic carbocycles. The maximum Gasteiger partial charge on any atom is 0.275 e. The van der Waals surface area contributed by atoms with Gasteiger partial charge in [-0.15, -0.1) is 5.10 Å². The van der Waals surface area contributed by atoms with E-state index in [-0.39, 0.29) is 5.56 Å². The summed E-state index contributed by atoms with van der Waals surface area (Å²) < 4.78 is 7.30. The number of hydrogen-bond acceptors (Lipinski definition) is 6. The van der Waals surface area contributed by atoms with Crippen LogP contribution in [-0.2, 0) is 12.2 Å². The summed E-state index contributed by atoms with van der Waals surface area (Å²) in [7, 11) is 1.59. The molecular weight excluding hydrogens is 354 g/mol. The highest BCUT2D eigenvalue weighted by atomic mass is 35.5. The highest BCUT2D eigenvalue weighted by Crippen LogP contribution is 2.30. The van der Waals surface area contributed by atoms with Gasteiger partial charge in [-0.05, 0) is 24.1 Å². The number of thioether (sulfide) groups is 1. The molecule has 0 aliphatic rings. The van der Waals surface area contributed by atoms with Gasteiger partial charge in [0.1, 0.15) is 5.75 Å². The van der Waals surface area contributed by atoms with E-state index >= 15 is 0 Å². The number of aromatic nitrogens is 3. The molecule has 3 aromatic rings. The molecule has 5 nitrogen and oxygen atoms in total. The third-order valence-electron chi connectivity index (χ3n) is 3.22. The Labute approximate surface area is 146 Å². The molecule has 0 atom stereocenters. The fraction of sp³-hybridized carbons (Fsp3) is 0.267. The molecule has 23 heavy (non-hydrogen) atoms. The van der Waals surface area contributed by atoms with E-state index in [1.54, 1.807) is 18.9 Å². The lowest BCUT2D eigenvalue weighted by Gasteiger charge is -2.04. The number of nitrogens with zero attached hydrogens (tertiary/aromatic N) is 3. The van der Waals surface area contributed by atoms with E-state index in [2.05, 4.69) is 10.1 Å². The summed E-state index contributed by atoms with van der Waals surface area (Å²) in [6.45, 7) is 1.97. The Morgan fingerprint density at radius 3 is 2.91 bits per heavy atom. The molecule has 0 saturated carbocycles. The Morgan fingerprint density at radius 1 is 1.39 bits per heavy atom. The molecule has 0 fully saturated rings. The molecule has 0 saturated heterocycles. The van der Waals surface area contributed by atoms with Crippen LogP contribution in [0.25, 0.3) is 4.96 Å². The van der Waals surface area contributed by atoms with Crippen molar-refractivity contribution in [2.75, 3.05) is 7.11 Å². The van der Waals surface area contributed by atoms with E-state index in [0.29, 0.717) is 21.5 Å². The molecular formula is C15H14ClN3O2S2. The second kappa shape index (κ2) is 6.90. The number of rotatable bonds is 5. The zero-order chi connectivity index (χ0) is 16.4. The highest BCUT2D eigenvalue weighted by molar-refractivity contribution is 8.00. The van der Waals surface area contributed by atoms with Crippen LogP contribution in [0.3, 0.4) is 0 Å². The van der Waals surface area contributed by atoms with Crippen LogP contribution < -0.4 is 10.3 Å². The van der Waals surface area contributed by atoms with Crippen molar-refractivity contribution >= 4 is 39.7 Å². The van der Waals surface area contributed by atoms with Crippen molar-refractivity contribution in [1.29, 1.82) is 0 Å². The largest absolute Gasteiger partial charge is 0.495 e. The Morgan fingerprint density at radius 2 is 2.22 bits per heavy atom. The van der Waals surface area contributed by atoms with Gasteiger partial charge in [0.15, 0.2) is 4.34 Å². The summed E-state index contributed by atoms with van der Waals surface area (Å²) in [6, 6.07) is 7.21. The van der Waals surface area contributed by atoms with Gasteiger partial charge in [-0.3, -0.25) is 4.79 Å². The Balaban J connectivity index is 1.80. The zero-order valence-corrected chi connectivity index (χ0v) is 15.0. The van der Waals surface area contributed by atoms with Gasteiger partial charge in [0.2, 0.25) is 4.96 Å². The maximum absolute atomic E-state index is 12.0. The van der Waals surface area contributed by atoms with E-state index in [0.717, 1.165) is 22.0 Å². The zero-order valence-electron chi connectivity index (χ0n) is 12.6. The van der Waals surface area contributed by atoms with Gasteiger partial charge in [-0.2, -0.15) is 4.52 Å². The van der Waals surface area contributed by atoms with Crippen LogP contribution in [0, 0.1) is 0 Å². The smallest absolute Gasteiger partial charge is 0.275 e. The van der Waals surface area contributed by atoms with Gasteiger partial charge in [0.05, 0.1) is 12.1 Å². The van der Waals surface area contributed by atoms with Gasteiger partial charge < -0.3 is 4.74 Å². The van der Waals surface area contributed by atoms with Crippen LogP contribution >= 0.6 is 34.7 Å². The third-order valence-corrected chi connectivity index (χ3v) is 5.63. The lowest BCUT2D eigenvalue weighted by atomic mass is 10.2. The van der Waals surface area contributed by atoms with E-state index in [4.69, 9.17) is 16.3 Å². The maximum atomic E-state index is 12.0.